The molecule has 0 bridgehead atoms. The number of rotatable bonds is 3. The molecular weight excluding hydrogens is 413 g/mol. The van der Waals surface area contributed by atoms with Crippen LogP contribution in [0, 0.1) is 5.82 Å². The highest BCUT2D eigenvalue weighted by molar-refractivity contribution is 6.13. The number of hydrogen-bond donors (Lipinski definition) is 0. The molecule has 1 aromatic heterocycles. The summed E-state index contributed by atoms with van der Waals surface area (Å²) < 4.78 is 22.5. The molecule has 0 unspecified atom stereocenters. The number of halogens is 1. The van der Waals surface area contributed by atoms with Gasteiger partial charge < -0.3 is 9.30 Å². The minimum Gasteiger partial charge on any atom is -0.482 e. The Balaban J connectivity index is 1.89. The fourth-order valence-electron chi connectivity index (χ4n) is 4.69. The first-order valence-corrected chi connectivity index (χ1v) is 11.3. The van der Waals surface area contributed by atoms with Crippen molar-refractivity contribution in [2.24, 2.45) is 0 Å². The largest absolute Gasteiger partial charge is 0.482 e. The Kier molecular flexibility index (Phi) is 4.75. The Hall–Kier alpha value is -3.40. The topological polar surface area (TPSA) is 31.2 Å². The van der Waals surface area contributed by atoms with Gasteiger partial charge in [-0.1, -0.05) is 39.0 Å². The Morgan fingerprint density at radius 2 is 1.85 bits per heavy atom. The number of fused-ring (bicyclic) bond motifs is 5. The van der Waals surface area contributed by atoms with Gasteiger partial charge in [0.05, 0.1) is 11.1 Å². The van der Waals surface area contributed by atoms with Crippen molar-refractivity contribution in [1.29, 1.82) is 0 Å². The van der Waals surface area contributed by atoms with Crippen LogP contribution in [0.15, 0.2) is 54.6 Å². The molecule has 4 heteroatoms. The summed E-state index contributed by atoms with van der Waals surface area (Å²) in [6.07, 6.45) is 4.95. The van der Waals surface area contributed by atoms with E-state index in [1.807, 2.05) is 32.1 Å². The number of benzene rings is 3. The zero-order valence-electron chi connectivity index (χ0n) is 19.7. The van der Waals surface area contributed by atoms with Crippen LogP contribution < -0.4 is 4.74 Å². The highest BCUT2D eigenvalue weighted by Crippen LogP contribution is 2.43. The summed E-state index contributed by atoms with van der Waals surface area (Å²) in [5.41, 5.74) is 5.05. The molecule has 0 atom stereocenters. The van der Waals surface area contributed by atoms with Crippen LogP contribution in [0.5, 0.6) is 5.75 Å². The van der Waals surface area contributed by atoms with E-state index in [1.54, 1.807) is 12.1 Å². The molecule has 3 nitrogen and oxygen atoms in total. The van der Waals surface area contributed by atoms with Crippen molar-refractivity contribution in [3.63, 3.8) is 0 Å². The van der Waals surface area contributed by atoms with E-state index in [9.17, 15) is 9.18 Å². The molecule has 2 heterocycles. The van der Waals surface area contributed by atoms with Crippen molar-refractivity contribution in [3.05, 3.63) is 82.7 Å². The second kappa shape index (κ2) is 7.31. The lowest BCUT2D eigenvalue weighted by Gasteiger charge is -2.29. The van der Waals surface area contributed by atoms with Gasteiger partial charge in [-0.3, -0.25) is 4.79 Å². The second-order valence-electron chi connectivity index (χ2n) is 10.5. The lowest BCUT2D eigenvalue weighted by molar-refractivity contribution is 0.110. The van der Waals surface area contributed by atoms with Crippen LogP contribution in [0.4, 0.5) is 4.39 Å². The van der Waals surface area contributed by atoms with E-state index in [1.165, 1.54) is 11.6 Å². The molecule has 4 aromatic rings. The molecule has 1 aliphatic heterocycles. The van der Waals surface area contributed by atoms with Gasteiger partial charge in [-0.2, -0.15) is 0 Å². The van der Waals surface area contributed by atoms with Crippen LogP contribution in [-0.2, 0) is 12.0 Å². The molecule has 0 aliphatic carbocycles. The predicted octanol–water partition coefficient (Wildman–Crippen LogP) is 7.28. The number of hydrogen-bond acceptors (Lipinski definition) is 2. The first-order chi connectivity index (χ1) is 15.6. The first-order valence-electron chi connectivity index (χ1n) is 11.3. The molecule has 0 spiro atoms. The van der Waals surface area contributed by atoms with Crippen molar-refractivity contribution in [3.8, 4) is 5.75 Å². The molecule has 33 heavy (non-hydrogen) atoms. The molecule has 0 fully saturated rings. The van der Waals surface area contributed by atoms with Crippen molar-refractivity contribution in [2.45, 2.75) is 52.2 Å². The van der Waals surface area contributed by atoms with Gasteiger partial charge in [0.25, 0.3) is 0 Å². The SMILES string of the molecule is CC1(C)C=Cc2c(c(C=O)cc3c4cc(C(C)(C)C)ccc4n(Cc4cccc(F)c4)c23)O1. The van der Waals surface area contributed by atoms with Crippen molar-refractivity contribution in [2.75, 3.05) is 0 Å². The zero-order valence-corrected chi connectivity index (χ0v) is 19.7. The fourth-order valence-corrected chi connectivity index (χ4v) is 4.69. The molecule has 0 saturated carbocycles. The molecule has 0 radical (unpaired) electrons. The van der Waals surface area contributed by atoms with Gasteiger partial charge in [-0.15, -0.1) is 0 Å². The monoisotopic (exact) mass is 441 g/mol. The summed E-state index contributed by atoms with van der Waals surface area (Å²) in [7, 11) is 0. The normalized spacial score (nSPS) is 15.0. The van der Waals surface area contributed by atoms with Crippen molar-refractivity contribution < 1.29 is 13.9 Å². The molecule has 0 saturated heterocycles. The van der Waals surface area contributed by atoms with Crippen LogP contribution in [0.25, 0.3) is 27.9 Å². The predicted molar refractivity (Wildman–Crippen MR) is 133 cm³/mol. The zero-order chi connectivity index (χ0) is 23.5. The van der Waals surface area contributed by atoms with Crippen molar-refractivity contribution in [1.82, 2.24) is 4.57 Å². The van der Waals surface area contributed by atoms with Gasteiger partial charge in [0.2, 0.25) is 0 Å². The summed E-state index contributed by atoms with van der Waals surface area (Å²) in [4.78, 5) is 12.1. The van der Waals surface area contributed by atoms with E-state index in [0.29, 0.717) is 17.9 Å². The van der Waals surface area contributed by atoms with E-state index >= 15 is 0 Å². The standard InChI is InChI=1S/C29H28FNO2/c1-28(2,3)20-9-10-25-23(15-20)24-14-19(17-32)27-22(11-12-29(4,5)33-27)26(24)31(25)16-18-7-6-8-21(30)13-18/h6-15,17H,16H2,1-5H3. The summed E-state index contributed by atoms with van der Waals surface area (Å²) in [6, 6.07) is 15.2. The molecular formula is C29H28FNO2. The summed E-state index contributed by atoms with van der Waals surface area (Å²) >= 11 is 0. The quantitative estimate of drug-likeness (QED) is 0.313. The maximum atomic E-state index is 14.0. The van der Waals surface area contributed by atoms with Gasteiger partial charge >= 0.3 is 0 Å². The Labute approximate surface area is 193 Å². The number of aromatic nitrogens is 1. The van der Waals surface area contributed by atoms with Gasteiger partial charge in [0.15, 0.2) is 6.29 Å². The summed E-state index contributed by atoms with van der Waals surface area (Å²) in [5, 5.41) is 2.08. The highest BCUT2D eigenvalue weighted by atomic mass is 19.1. The average molecular weight is 442 g/mol. The lowest BCUT2D eigenvalue weighted by atomic mass is 9.86. The third-order valence-corrected chi connectivity index (χ3v) is 6.40. The number of ether oxygens (including phenoxy) is 1. The minimum atomic E-state index is -0.503. The average Bonchev–Trinajstić information content (AvgIpc) is 3.04. The third-order valence-electron chi connectivity index (χ3n) is 6.40. The minimum absolute atomic E-state index is 0.0140. The van der Waals surface area contributed by atoms with Gasteiger partial charge in [0.1, 0.15) is 17.2 Å². The summed E-state index contributed by atoms with van der Waals surface area (Å²) in [6.45, 7) is 11.0. The molecule has 3 aromatic carbocycles. The number of carbonyl (C=O) groups excluding carboxylic acids is 1. The Morgan fingerprint density at radius 3 is 2.55 bits per heavy atom. The lowest BCUT2D eigenvalue weighted by Crippen LogP contribution is -2.28. The van der Waals surface area contributed by atoms with E-state index < -0.39 is 5.60 Å². The molecule has 0 N–H and O–H groups in total. The number of nitrogens with zero attached hydrogens (tertiary/aromatic N) is 1. The first kappa shape index (κ1) is 21.4. The smallest absolute Gasteiger partial charge is 0.153 e. The van der Waals surface area contributed by atoms with E-state index in [2.05, 4.69) is 49.6 Å². The molecule has 1 aliphatic rings. The Morgan fingerprint density at radius 1 is 1.06 bits per heavy atom. The van der Waals surface area contributed by atoms with Crippen molar-refractivity contribution >= 4 is 34.2 Å². The number of aldehydes is 1. The van der Waals surface area contributed by atoms with Crippen LogP contribution in [0.3, 0.4) is 0 Å². The maximum Gasteiger partial charge on any atom is 0.153 e. The molecule has 5 rings (SSSR count). The fraction of sp³-hybridized carbons (Fsp3) is 0.276. The van der Waals surface area contributed by atoms with Crippen LogP contribution in [-0.4, -0.2) is 16.5 Å². The van der Waals surface area contributed by atoms with Gasteiger partial charge in [0, 0.05) is 28.4 Å². The second-order valence-corrected chi connectivity index (χ2v) is 10.5. The molecule has 0 amide bonds. The van der Waals surface area contributed by atoms with E-state index in [4.69, 9.17) is 4.74 Å². The highest BCUT2D eigenvalue weighted by Gasteiger charge is 2.28. The van der Waals surface area contributed by atoms with Crippen LogP contribution in [0.2, 0.25) is 0 Å². The van der Waals surface area contributed by atoms with Crippen LogP contribution >= 0.6 is 0 Å². The molecule has 168 valence electrons. The number of carbonyl (C=O) groups is 1. The van der Waals surface area contributed by atoms with E-state index in [0.717, 1.165) is 39.2 Å². The third kappa shape index (κ3) is 3.64. The van der Waals surface area contributed by atoms with E-state index in [-0.39, 0.29) is 11.2 Å². The van der Waals surface area contributed by atoms with Gasteiger partial charge in [-0.05, 0) is 72.9 Å². The van der Waals surface area contributed by atoms with Crippen LogP contribution in [0.1, 0.15) is 61.7 Å². The maximum absolute atomic E-state index is 14.0. The summed E-state index contributed by atoms with van der Waals surface area (Å²) in [5.74, 6) is 0.350. The van der Waals surface area contributed by atoms with Gasteiger partial charge in [-0.25, -0.2) is 4.39 Å². The Bertz CT molecular complexity index is 1450.